The quantitative estimate of drug-likeness (QED) is 0.527. The van der Waals surface area contributed by atoms with E-state index in [0.717, 1.165) is 0 Å². The average molecular weight is 130 g/mol. The second-order valence-electron chi connectivity index (χ2n) is 1.90. The highest BCUT2D eigenvalue weighted by atomic mass is 32.2. The van der Waals surface area contributed by atoms with Crippen molar-refractivity contribution in [2.75, 3.05) is 5.75 Å². The molecular weight excluding hydrogens is 116 g/mol. The van der Waals surface area contributed by atoms with Crippen molar-refractivity contribution < 1.29 is 0 Å². The highest BCUT2D eigenvalue weighted by molar-refractivity contribution is 8.03. The first kappa shape index (κ1) is 8.09. The van der Waals surface area contributed by atoms with Crippen molar-refractivity contribution in [3.05, 3.63) is 11.5 Å². The molecule has 0 aliphatic heterocycles. The van der Waals surface area contributed by atoms with Gasteiger partial charge in [-0.2, -0.15) is 0 Å². The van der Waals surface area contributed by atoms with Crippen molar-refractivity contribution in [1.82, 2.24) is 0 Å². The predicted molar refractivity (Wildman–Crippen MR) is 42.2 cm³/mol. The summed E-state index contributed by atoms with van der Waals surface area (Å²) < 4.78 is 0. The van der Waals surface area contributed by atoms with Gasteiger partial charge in [0.2, 0.25) is 0 Å². The van der Waals surface area contributed by atoms with Crippen molar-refractivity contribution in [2.45, 2.75) is 26.7 Å². The van der Waals surface area contributed by atoms with Crippen LogP contribution in [0.5, 0.6) is 0 Å². The highest BCUT2D eigenvalue weighted by Crippen LogP contribution is 2.12. The molecule has 0 aliphatic carbocycles. The van der Waals surface area contributed by atoms with Gasteiger partial charge >= 0.3 is 0 Å². The maximum atomic E-state index is 3.79. The Morgan fingerprint density at radius 2 is 2.25 bits per heavy atom. The number of thioether (sulfide) groups is 1. The van der Waals surface area contributed by atoms with Crippen molar-refractivity contribution in [2.24, 2.45) is 0 Å². The maximum absolute atomic E-state index is 3.79. The van der Waals surface area contributed by atoms with Gasteiger partial charge in [-0.1, -0.05) is 19.9 Å². The summed E-state index contributed by atoms with van der Waals surface area (Å²) in [6, 6.07) is 0. The Labute approximate surface area is 56.4 Å². The average Bonchev–Trinajstić information content (AvgIpc) is 1.66. The molecule has 0 heterocycles. The molecule has 0 spiro atoms. The van der Waals surface area contributed by atoms with Gasteiger partial charge in [0.1, 0.15) is 0 Å². The molecular formula is C7H14S. The van der Waals surface area contributed by atoms with Crippen molar-refractivity contribution in [3.63, 3.8) is 0 Å². The lowest BCUT2D eigenvalue weighted by Crippen LogP contribution is -1.74. The monoisotopic (exact) mass is 130 g/mol. The summed E-state index contributed by atoms with van der Waals surface area (Å²) in [5.41, 5.74) is 0. The zero-order valence-electron chi connectivity index (χ0n) is 5.74. The predicted octanol–water partition coefficient (Wildman–Crippen LogP) is 3.05. The van der Waals surface area contributed by atoms with Gasteiger partial charge in [-0.15, -0.1) is 11.8 Å². The first-order valence-electron chi connectivity index (χ1n) is 3.05. The van der Waals surface area contributed by atoms with E-state index >= 15 is 0 Å². The van der Waals surface area contributed by atoms with E-state index in [-0.39, 0.29) is 0 Å². The van der Waals surface area contributed by atoms with Gasteiger partial charge in [-0.25, -0.2) is 0 Å². The van der Waals surface area contributed by atoms with E-state index in [4.69, 9.17) is 0 Å². The van der Waals surface area contributed by atoms with Gasteiger partial charge in [-0.05, 0) is 24.0 Å². The van der Waals surface area contributed by atoms with Crippen LogP contribution in [0.4, 0.5) is 0 Å². The Balaban J connectivity index is 2.82. The standard InChI is InChI=1S/C7H14S/c1-4-5-6-8-7(2)3/h2,4-6H2,1,3H3. The van der Waals surface area contributed by atoms with E-state index in [1.807, 2.05) is 11.8 Å². The molecule has 0 aliphatic rings. The molecule has 0 rings (SSSR count). The van der Waals surface area contributed by atoms with E-state index in [2.05, 4.69) is 20.4 Å². The van der Waals surface area contributed by atoms with E-state index in [0.29, 0.717) is 0 Å². The summed E-state index contributed by atoms with van der Waals surface area (Å²) in [5.74, 6) is 1.24. The van der Waals surface area contributed by atoms with E-state index in [9.17, 15) is 0 Å². The largest absolute Gasteiger partial charge is 0.132 e. The third kappa shape index (κ3) is 6.09. The van der Waals surface area contributed by atoms with E-state index in [1.54, 1.807) is 0 Å². The second-order valence-corrected chi connectivity index (χ2v) is 3.30. The first-order valence-corrected chi connectivity index (χ1v) is 4.04. The molecule has 0 aromatic rings. The molecule has 0 atom stereocenters. The summed E-state index contributed by atoms with van der Waals surface area (Å²) in [7, 11) is 0. The minimum Gasteiger partial charge on any atom is -0.132 e. The Kier molecular flexibility index (Phi) is 5.29. The lowest BCUT2D eigenvalue weighted by Gasteiger charge is -1.94. The lowest BCUT2D eigenvalue weighted by atomic mass is 10.4. The molecule has 8 heavy (non-hydrogen) atoms. The molecule has 1 heteroatoms. The molecule has 0 aromatic heterocycles. The molecule has 0 saturated heterocycles. The fraction of sp³-hybridized carbons (Fsp3) is 0.714. The van der Waals surface area contributed by atoms with Crippen LogP contribution in [0.25, 0.3) is 0 Å². The normalized spacial score (nSPS) is 9.25. The van der Waals surface area contributed by atoms with Gasteiger partial charge in [0.15, 0.2) is 0 Å². The van der Waals surface area contributed by atoms with E-state index < -0.39 is 0 Å². The molecule has 0 amide bonds. The zero-order valence-corrected chi connectivity index (χ0v) is 6.55. The molecule has 0 nitrogen and oxygen atoms in total. The Hall–Kier alpha value is 0.0900. The van der Waals surface area contributed by atoms with Crippen LogP contribution in [0, 0.1) is 0 Å². The second kappa shape index (κ2) is 5.23. The van der Waals surface area contributed by atoms with Crippen LogP contribution in [-0.2, 0) is 0 Å². The summed E-state index contributed by atoms with van der Waals surface area (Å²) in [5, 5.41) is 0. The SMILES string of the molecule is C=C(C)SCCCC. The summed E-state index contributed by atoms with van der Waals surface area (Å²) in [6.07, 6.45) is 2.61. The first-order chi connectivity index (χ1) is 3.77. The topological polar surface area (TPSA) is 0 Å². The highest BCUT2D eigenvalue weighted by Gasteiger charge is 1.84. The number of unbranched alkanes of at least 4 members (excludes halogenated alkanes) is 1. The maximum Gasteiger partial charge on any atom is -0.00237 e. The molecule has 48 valence electrons. The van der Waals surface area contributed by atoms with Gasteiger partial charge in [0.25, 0.3) is 0 Å². The number of allylic oxidation sites excluding steroid dienone is 1. The summed E-state index contributed by atoms with van der Waals surface area (Å²) >= 11 is 1.86. The number of hydrogen-bond acceptors (Lipinski definition) is 1. The summed E-state index contributed by atoms with van der Waals surface area (Å²) in [4.78, 5) is 1.23. The van der Waals surface area contributed by atoms with Gasteiger partial charge in [-0.3, -0.25) is 0 Å². The minimum absolute atomic E-state index is 1.23. The van der Waals surface area contributed by atoms with Crippen molar-refractivity contribution >= 4 is 11.8 Å². The van der Waals surface area contributed by atoms with Crippen molar-refractivity contribution in [3.8, 4) is 0 Å². The van der Waals surface area contributed by atoms with Crippen LogP contribution < -0.4 is 0 Å². The van der Waals surface area contributed by atoms with Crippen LogP contribution in [0.2, 0.25) is 0 Å². The van der Waals surface area contributed by atoms with Gasteiger partial charge in [0, 0.05) is 0 Å². The molecule has 0 aromatic carbocycles. The van der Waals surface area contributed by atoms with Gasteiger partial charge < -0.3 is 0 Å². The molecule has 0 fully saturated rings. The fourth-order valence-corrected chi connectivity index (χ4v) is 1.17. The fourth-order valence-electron chi connectivity index (χ4n) is 0.391. The number of hydrogen-bond donors (Lipinski definition) is 0. The third-order valence-electron chi connectivity index (χ3n) is 0.846. The van der Waals surface area contributed by atoms with Crippen LogP contribution in [0.1, 0.15) is 26.7 Å². The molecule has 0 N–H and O–H groups in total. The Morgan fingerprint density at radius 1 is 1.62 bits per heavy atom. The zero-order chi connectivity index (χ0) is 6.41. The van der Waals surface area contributed by atoms with Crippen LogP contribution in [0.15, 0.2) is 11.5 Å². The minimum atomic E-state index is 1.23. The molecule has 0 unspecified atom stereocenters. The number of rotatable bonds is 4. The van der Waals surface area contributed by atoms with Gasteiger partial charge in [0.05, 0.1) is 0 Å². The third-order valence-corrected chi connectivity index (χ3v) is 1.83. The Bertz CT molecular complexity index is 66.8. The van der Waals surface area contributed by atoms with Crippen LogP contribution >= 0.6 is 11.8 Å². The molecule has 0 saturated carbocycles. The van der Waals surface area contributed by atoms with Crippen LogP contribution in [-0.4, -0.2) is 5.75 Å². The van der Waals surface area contributed by atoms with Crippen molar-refractivity contribution in [1.29, 1.82) is 0 Å². The smallest absolute Gasteiger partial charge is 0.00237 e. The van der Waals surface area contributed by atoms with Crippen LogP contribution in [0.3, 0.4) is 0 Å². The van der Waals surface area contributed by atoms with E-state index in [1.165, 1.54) is 23.5 Å². The molecule has 0 bridgehead atoms. The molecule has 0 radical (unpaired) electrons. The summed E-state index contributed by atoms with van der Waals surface area (Å²) in [6.45, 7) is 8.05. The Morgan fingerprint density at radius 3 is 2.62 bits per heavy atom. The lowest BCUT2D eigenvalue weighted by molar-refractivity contribution is 0.897.